The van der Waals surface area contributed by atoms with Crippen LogP contribution < -0.4 is 16.0 Å². The van der Waals surface area contributed by atoms with Gasteiger partial charge in [-0.1, -0.05) is 78.4 Å². The summed E-state index contributed by atoms with van der Waals surface area (Å²) in [5.74, 6) is -13.1. The molecule has 101 heavy (non-hydrogen) atoms. The number of halogens is 8. The van der Waals surface area contributed by atoms with Crippen LogP contribution >= 0.6 is 0 Å². The van der Waals surface area contributed by atoms with E-state index >= 15 is 23.2 Å². The van der Waals surface area contributed by atoms with Crippen LogP contribution in [-0.4, -0.2) is 226 Å². The lowest BCUT2D eigenvalue weighted by Gasteiger charge is -2.45. The van der Waals surface area contributed by atoms with E-state index in [1.807, 2.05) is 13.8 Å². The van der Waals surface area contributed by atoms with E-state index in [2.05, 4.69) is 16.0 Å². The number of carbonyl (C=O) groups excluding carboxylic acids is 11. The number of aryl methyl sites for hydroxylation is 1. The summed E-state index contributed by atoms with van der Waals surface area (Å²) in [6.07, 6.45) is -6.45. The lowest BCUT2D eigenvalue weighted by atomic mass is 9.81. The van der Waals surface area contributed by atoms with Crippen LogP contribution in [0.25, 0.3) is 0 Å². The molecule has 2 aromatic carbocycles. The molecule has 3 heterocycles. The minimum absolute atomic E-state index is 0.00245. The van der Waals surface area contributed by atoms with Crippen molar-refractivity contribution in [3.63, 3.8) is 0 Å². The molecule has 1 spiro atoms. The molecule has 3 N–H and O–H groups in total. The number of carbonyl (C=O) groups is 11. The average Bonchev–Trinajstić information content (AvgIpc) is 1.75. The van der Waals surface area contributed by atoms with Gasteiger partial charge in [0.1, 0.15) is 71.1 Å². The number of rotatable bonds is 10. The van der Waals surface area contributed by atoms with Crippen molar-refractivity contribution >= 4 is 65.0 Å². The van der Waals surface area contributed by atoms with E-state index in [-0.39, 0.29) is 81.0 Å². The molecule has 2 aliphatic carbocycles. The molecule has 2 saturated carbocycles. The van der Waals surface area contributed by atoms with E-state index in [9.17, 15) is 64.7 Å². The van der Waals surface area contributed by atoms with Gasteiger partial charge >= 0.3 is 12.4 Å². The lowest BCUT2D eigenvalue weighted by Crippen LogP contribution is -2.65. The molecule has 560 valence electrons. The SMILES string of the molecule is CC[C@H](C)[C@@H]1NC(=O)[C@H](CC(C)C)N(C)C(=O)C[C@@H](C)N(C)C(=O)[C@H](C2CCCCC2)N(C)C(=O)C2(CCCC2)NC(=O)[C@@H]2CCCN2C(=O)[C@H](CCc2cc(F)c(C(F)(F)F)c(F)c2)NC(=O)CN(C)C(=O)[C@H](Cc2ccc(C(F)(F)F)cc2)N(C)C(=O)[C@@H]2CCN2C(=O)[C@H](C)N(C)C1=O. The second-order valence-corrected chi connectivity index (χ2v) is 28.9. The van der Waals surface area contributed by atoms with Crippen molar-refractivity contribution in [2.45, 2.75) is 229 Å². The fourth-order valence-electron chi connectivity index (χ4n) is 14.7. The Hall–Kier alpha value is -7.95. The highest BCUT2D eigenvalue weighted by Gasteiger charge is 2.52. The molecule has 30 heteroatoms. The average molecular weight is 1430 g/mol. The van der Waals surface area contributed by atoms with Crippen LogP contribution in [0, 0.1) is 29.4 Å². The number of hydrogen-bond donors (Lipinski definition) is 3. The van der Waals surface area contributed by atoms with E-state index in [4.69, 9.17) is 0 Å². The zero-order valence-corrected chi connectivity index (χ0v) is 59.8. The first kappa shape index (κ1) is 80.4. The molecule has 0 aromatic heterocycles. The third-order valence-electron chi connectivity index (χ3n) is 21.4. The molecule has 0 radical (unpaired) electrons. The van der Waals surface area contributed by atoms with Crippen LogP contribution in [-0.2, 0) is 77.9 Å². The maximum absolute atomic E-state index is 15.5. The van der Waals surface area contributed by atoms with E-state index in [0.717, 1.165) is 70.2 Å². The molecule has 0 bridgehead atoms. The fourth-order valence-corrected chi connectivity index (χ4v) is 14.7. The molecule has 0 unspecified atom stereocenters. The molecule has 22 nitrogen and oxygen atoms in total. The molecule has 7 rings (SSSR count). The Labute approximate surface area is 585 Å². The quantitative estimate of drug-likeness (QED) is 0.207. The summed E-state index contributed by atoms with van der Waals surface area (Å²) in [5, 5.41) is 8.40. The predicted octanol–water partition coefficient (Wildman–Crippen LogP) is 6.88. The summed E-state index contributed by atoms with van der Waals surface area (Å²) in [7, 11) is 8.21. The summed E-state index contributed by atoms with van der Waals surface area (Å²) in [6.45, 7) is 9.32. The number of alkyl halides is 6. The van der Waals surface area contributed by atoms with Gasteiger partial charge in [0.25, 0.3) is 0 Å². The number of nitrogens with one attached hydrogen (secondary N) is 3. The van der Waals surface area contributed by atoms with Crippen molar-refractivity contribution in [3.8, 4) is 0 Å². The first-order chi connectivity index (χ1) is 47.2. The van der Waals surface area contributed by atoms with Gasteiger partial charge < -0.3 is 55.1 Å². The van der Waals surface area contributed by atoms with Crippen LogP contribution in [0.5, 0.6) is 0 Å². The Bertz CT molecular complexity index is 3360. The summed E-state index contributed by atoms with van der Waals surface area (Å²) in [6, 6.07) is -6.88. The molecule has 3 saturated heterocycles. The van der Waals surface area contributed by atoms with Crippen molar-refractivity contribution in [1.82, 2.24) is 55.1 Å². The Morgan fingerprint density at radius 2 is 1.19 bits per heavy atom. The maximum Gasteiger partial charge on any atom is 0.422 e. The van der Waals surface area contributed by atoms with Crippen LogP contribution in [0.4, 0.5) is 35.1 Å². The zero-order valence-electron chi connectivity index (χ0n) is 59.8. The number of fused-ring (bicyclic) bond motifs is 2. The van der Waals surface area contributed by atoms with Gasteiger partial charge in [0.05, 0.1) is 12.1 Å². The van der Waals surface area contributed by atoms with Crippen LogP contribution in [0.15, 0.2) is 36.4 Å². The molecule has 5 aliphatic rings. The number of likely N-dealkylation sites (N-methyl/N-ethyl adjacent to an activating group) is 6. The Balaban J connectivity index is 1.29. The van der Waals surface area contributed by atoms with Crippen molar-refractivity contribution in [1.29, 1.82) is 0 Å². The molecule has 2 aromatic rings. The highest BCUT2D eigenvalue weighted by atomic mass is 19.4. The number of benzene rings is 2. The standard InChI is InChI=1S/C71H99F8N11O11/c1-13-41(4)58-66(99)85(9)43(6)62(95)90-33-29-52(90)65(98)87(11)54(38-44-23-26-47(27-24-44)70(74,75)76)64(97)83(7)39-55(91)80-50(28-25-45-36-48(72)57(49(73)37-45)71(77,78)79)63(96)89-32-19-22-51(89)61(94)82-69(30-17-18-31-69)68(101)88(12)59(46-20-15-14-16-21-46)67(100)84(8)42(5)35-56(92)86(10)53(34-40(2)3)60(93)81-58/h23-24,26-27,36-37,40-43,46,50-54,58-59H,13-22,25,28-35,38-39H2,1-12H3,(H,80,91)(H,81,93)(H,82,94)/t41-,42+,43-,50-,51-,52-,53-,54-,58-,59-/m0/s1. The summed E-state index contributed by atoms with van der Waals surface area (Å²) in [4.78, 5) is 173. The van der Waals surface area contributed by atoms with Crippen molar-refractivity contribution in [3.05, 3.63) is 70.3 Å². The van der Waals surface area contributed by atoms with Crippen molar-refractivity contribution in [2.75, 3.05) is 61.9 Å². The second-order valence-electron chi connectivity index (χ2n) is 28.9. The summed E-state index contributed by atoms with van der Waals surface area (Å²) >= 11 is 0. The van der Waals surface area contributed by atoms with E-state index in [0.29, 0.717) is 44.2 Å². The molecule has 3 aliphatic heterocycles. The Kier molecular flexibility index (Phi) is 26.6. The van der Waals surface area contributed by atoms with E-state index in [1.165, 1.54) is 61.8 Å². The van der Waals surface area contributed by atoms with Crippen LogP contribution in [0.1, 0.15) is 167 Å². The Morgan fingerprint density at radius 1 is 0.584 bits per heavy atom. The van der Waals surface area contributed by atoms with Gasteiger partial charge in [-0.15, -0.1) is 0 Å². The highest BCUT2D eigenvalue weighted by molar-refractivity contribution is 6.00. The second kappa shape index (κ2) is 33.4. The van der Waals surface area contributed by atoms with Gasteiger partial charge in [-0.25, -0.2) is 8.78 Å². The minimum Gasteiger partial charge on any atom is -0.343 e. The third kappa shape index (κ3) is 18.7. The molecular formula is C71H99F8N11O11. The van der Waals surface area contributed by atoms with Gasteiger partial charge in [0, 0.05) is 74.3 Å². The summed E-state index contributed by atoms with van der Waals surface area (Å²) in [5.41, 5.74) is -5.03. The maximum atomic E-state index is 15.5. The molecular weight excluding hydrogens is 1330 g/mol. The largest absolute Gasteiger partial charge is 0.422 e. The van der Waals surface area contributed by atoms with Gasteiger partial charge in [0.15, 0.2) is 0 Å². The van der Waals surface area contributed by atoms with Gasteiger partial charge in [-0.3, -0.25) is 52.7 Å². The van der Waals surface area contributed by atoms with E-state index < -0.39 is 192 Å². The molecule has 11 amide bonds. The van der Waals surface area contributed by atoms with Crippen molar-refractivity contribution in [2.24, 2.45) is 17.8 Å². The van der Waals surface area contributed by atoms with E-state index in [1.54, 1.807) is 20.8 Å². The van der Waals surface area contributed by atoms with Crippen LogP contribution in [0.3, 0.4) is 0 Å². The summed E-state index contributed by atoms with van der Waals surface area (Å²) < 4.78 is 113. The smallest absolute Gasteiger partial charge is 0.343 e. The molecule has 10 atom stereocenters. The highest BCUT2D eigenvalue weighted by Crippen LogP contribution is 2.38. The Morgan fingerprint density at radius 3 is 1.74 bits per heavy atom. The lowest BCUT2D eigenvalue weighted by molar-refractivity contribution is -0.160. The van der Waals surface area contributed by atoms with Gasteiger partial charge in [0.2, 0.25) is 65.0 Å². The first-order valence-corrected chi connectivity index (χ1v) is 35.1. The zero-order chi connectivity index (χ0) is 75.1. The van der Waals surface area contributed by atoms with Crippen LogP contribution in [0.2, 0.25) is 0 Å². The first-order valence-electron chi connectivity index (χ1n) is 35.1. The number of hydrogen-bond acceptors (Lipinski definition) is 11. The topological polar surface area (TPSA) is 250 Å². The normalized spacial score (nSPS) is 26.9. The third-order valence-corrected chi connectivity index (χ3v) is 21.4. The number of amides is 11. The number of nitrogens with zero attached hydrogens (tertiary/aromatic N) is 8. The minimum atomic E-state index is -5.43. The van der Waals surface area contributed by atoms with Gasteiger partial charge in [-0.2, -0.15) is 26.3 Å². The van der Waals surface area contributed by atoms with Gasteiger partial charge in [-0.05, 0) is 131 Å². The molecule has 5 fully saturated rings. The fraction of sp³-hybridized carbons (Fsp3) is 0.676. The monoisotopic (exact) mass is 1430 g/mol. The van der Waals surface area contributed by atoms with Crippen molar-refractivity contribution < 1.29 is 87.9 Å². The predicted molar refractivity (Wildman–Crippen MR) is 355 cm³/mol.